The van der Waals surface area contributed by atoms with Gasteiger partial charge in [0.15, 0.2) is 5.16 Å². The molecular weight excluding hydrogens is 432 g/mol. The first-order valence-corrected chi connectivity index (χ1v) is 12.2. The number of carbonyl (C=O) groups is 1. The summed E-state index contributed by atoms with van der Waals surface area (Å²) in [5.74, 6) is 2.76. The molecule has 0 radical (unpaired) electrons. The van der Waals surface area contributed by atoms with E-state index in [2.05, 4.69) is 19.9 Å². The number of rotatable bonds is 6. The summed E-state index contributed by atoms with van der Waals surface area (Å²) in [5, 5.41) is 1.09. The Bertz CT molecular complexity index is 929. The van der Waals surface area contributed by atoms with Gasteiger partial charge >= 0.3 is 0 Å². The molecule has 1 amide bonds. The van der Waals surface area contributed by atoms with E-state index in [1.165, 1.54) is 31.0 Å². The van der Waals surface area contributed by atoms with Gasteiger partial charge in [-0.1, -0.05) is 35.5 Å². The molecule has 0 unspecified atom stereocenters. The van der Waals surface area contributed by atoms with Crippen LogP contribution in [0.1, 0.15) is 44.1 Å². The lowest BCUT2D eigenvalue weighted by molar-refractivity contribution is -0.149. The van der Waals surface area contributed by atoms with Gasteiger partial charge in [0, 0.05) is 17.1 Å². The predicted octanol–water partition coefficient (Wildman–Crippen LogP) is 3.78. The van der Waals surface area contributed by atoms with E-state index in [0.717, 1.165) is 42.6 Å². The maximum absolute atomic E-state index is 13.6. The van der Waals surface area contributed by atoms with Crippen LogP contribution in [-0.2, 0) is 11.3 Å². The van der Waals surface area contributed by atoms with E-state index in [4.69, 9.17) is 23.1 Å². The molecule has 31 heavy (non-hydrogen) atoms. The highest BCUT2D eigenvalue weighted by Crippen LogP contribution is 2.58. The van der Waals surface area contributed by atoms with Crippen LogP contribution >= 0.6 is 23.4 Å². The van der Waals surface area contributed by atoms with Gasteiger partial charge in [-0.15, -0.1) is 0 Å². The van der Waals surface area contributed by atoms with Gasteiger partial charge in [-0.2, -0.15) is 15.0 Å². The molecule has 0 atom stereocenters. The first kappa shape index (κ1) is 20.8. The van der Waals surface area contributed by atoms with Crippen molar-refractivity contribution in [3.05, 3.63) is 34.9 Å². The maximum atomic E-state index is 13.6. The lowest BCUT2D eigenvalue weighted by Crippen LogP contribution is -2.61. The summed E-state index contributed by atoms with van der Waals surface area (Å²) in [7, 11) is 0. The molecule has 0 spiro atoms. The third-order valence-corrected chi connectivity index (χ3v) is 8.19. The fourth-order valence-electron chi connectivity index (χ4n) is 6.35. The van der Waals surface area contributed by atoms with Crippen LogP contribution in [0.2, 0.25) is 5.02 Å². The number of nitrogens with two attached hydrogens (primary N) is 2. The van der Waals surface area contributed by atoms with Gasteiger partial charge < -0.3 is 16.4 Å². The summed E-state index contributed by atoms with van der Waals surface area (Å²) in [6.07, 6.45) is 7.36. The molecule has 6 rings (SSSR count). The van der Waals surface area contributed by atoms with Crippen LogP contribution in [-0.4, -0.2) is 37.1 Å². The minimum atomic E-state index is -0.0385. The number of carbonyl (C=O) groups excluding carboxylic acids is 1. The van der Waals surface area contributed by atoms with Crippen molar-refractivity contribution in [2.75, 3.05) is 17.2 Å². The van der Waals surface area contributed by atoms with E-state index in [1.807, 2.05) is 24.3 Å². The number of nitrogens with zero attached hydrogens (tertiary/aromatic N) is 4. The van der Waals surface area contributed by atoms with Crippen LogP contribution in [0, 0.1) is 17.8 Å². The first-order valence-electron chi connectivity index (χ1n) is 10.8. The second-order valence-corrected chi connectivity index (χ2v) is 10.8. The third-order valence-electron chi connectivity index (χ3n) is 7.11. The van der Waals surface area contributed by atoms with Gasteiger partial charge in [-0.3, -0.25) is 4.79 Å². The maximum Gasteiger partial charge on any atom is 0.233 e. The molecule has 1 aromatic carbocycles. The van der Waals surface area contributed by atoms with Crippen molar-refractivity contribution in [2.45, 2.75) is 55.8 Å². The van der Waals surface area contributed by atoms with Crippen LogP contribution in [0.5, 0.6) is 0 Å². The van der Waals surface area contributed by atoms with Crippen molar-refractivity contribution in [1.82, 2.24) is 19.9 Å². The summed E-state index contributed by atoms with van der Waals surface area (Å²) < 4.78 is 0. The molecule has 0 aliphatic heterocycles. The van der Waals surface area contributed by atoms with E-state index < -0.39 is 0 Å². The van der Waals surface area contributed by atoms with E-state index in [-0.39, 0.29) is 29.1 Å². The third kappa shape index (κ3) is 4.32. The topological polar surface area (TPSA) is 111 Å². The van der Waals surface area contributed by atoms with Gasteiger partial charge in [0.25, 0.3) is 0 Å². The molecule has 4 fully saturated rings. The molecule has 164 valence electrons. The summed E-state index contributed by atoms with van der Waals surface area (Å²) in [4.78, 5) is 27.8. The van der Waals surface area contributed by atoms with E-state index in [0.29, 0.717) is 16.7 Å². The molecule has 9 heteroatoms. The number of hydrogen-bond acceptors (Lipinski definition) is 7. The Balaban J connectivity index is 1.39. The quantitative estimate of drug-likeness (QED) is 0.633. The molecule has 7 nitrogen and oxygen atoms in total. The summed E-state index contributed by atoms with van der Waals surface area (Å²) in [6.45, 7) is 0.601. The van der Waals surface area contributed by atoms with E-state index in [9.17, 15) is 4.79 Å². The Labute approximate surface area is 191 Å². The standard InChI is InChI=1S/C22H27ClN6OS/c23-17-3-1-13(2-4-17)11-29(18(30)12-31-21-27-19(24)26-20(25)28-21)22-8-14-5-15(9-22)7-16(6-14)10-22/h1-4,14-16H,5-12H2,(H4,24,25,26,27,28). The smallest absolute Gasteiger partial charge is 0.233 e. The van der Waals surface area contributed by atoms with Gasteiger partial charge in [0.2, 0.25) is 17.8 Å². The highest BCUT2D eigenvalue weighted by molar-refractivity contribution is 7.99. The van der Waals surface area contributed by atoms with Gasteiger partial charge in [-0.05, 0) is 74.0 Å². The fraction of sp³-hybridized carbons (Fsp3) is 0.545. The molecule has 4 saturated carbocycles. The van der Waals surface area contributed by atoms with Gasteiger partial charge in [0.05, 0.1) is 5.75 Å². The van der Waals surface area contributed by atoms with Crippen molar-refractivity contribution >= 4 is 41.2 Å². The van der Waals surface area contributed by atoms with Crippen molar-refractivity contribution in [3.63, 3.8) is 0 Å². The Kier molecular flexibility index (Phi) is 5.46. The van der Waals surface area contributed by atoms with Gasteiger partial charge in [-0.25, -0.2) is 0 Å². The second kappa shape index (κ2) is 8.13. The minimum absolute atomic E-state index is 0.0385. The van der Waals surface area contributed by atoms with Crippen LogP contribution < -0.4 is 11.5 Å². The number of amides is 1. The molecular formula is C22H27ClN6OS. The van der Waals surface area contributed by atoms with E-state index >= 15 is 0 Å². The number of halogens is 1. The largest absolute Gasteiger partial charge is 0.368 e. The Hall–Kier alpha value is -2.06. The molecule has 1 aromatic heterocycles. The first-order chi connectivity index (χ1) is 14.9. The Morgan fingerprint density at radius 3 is 2.10 bits per heavy atom. The lowest BCUT2D eigenvalue weighted by atomic mass is 9.52. The SMILES string of the molecule is Nc1nc(N)nc(SCC(=O)N(Cc2ccc(Cl)cc2)C23CC4CC(CC(C4)C2)C3)n1. The van der Waals surface area contributed by atoms with Crippen molar-refractivity contribution in [3.8, 4) is 0 Å². The zero-order valence-corrected chi connectivity index (χ0v) is 18.9. The zero-order valence-electron chi connectivity index (χ0n) is 17.3. The fourth-order valence-corrected chi connectivity index (χ4v) is 7.20. The number of aromatic nitrogens is 3. The van der Waals surface area contributed by atoms with Crippen LogP contribution in [0.15, 0.2) is 29.4 Å². The van der Waals surface area contributed by atoms with E-state index in [1.54, 1.807) is 0 Å². The number of thioether (sulfide) groups is 1. The van der Waals surface area contributed by atoms with Crippen LogP contribution in [0.4, 0.5) is 11.9 Å². The second-order valence-electron chi connectivity index (χ2n) is 9.37. The summed E-state index contributed by atoms with van der Waals surface area (Å²) >= 11 is 7.35. The van der Waals surface area contributed by atoms with Gasteiger partial charge in [0.1, 0.15) is 0 Å². The molecule has 4 bridgehead atoms. The highest BCUT2D eigenvalue weighted by Gasteiger charge is 2.54. The predicted molar refractivity (Wildman–Crippen MR) is 122 cm³/mol. The number of anilines is 2. The molecule has 2 aromatic rings. The Morgan fingerprint density at radius 1 is 1.00 bits per heavy atom. The van der Waals surface area contributed by atoms with Crippen LogP contribution in [0.25, 0.3) is 0 Å². The number of nitrogen functional groups attached to an aromatic ring is 2. The zero-order chi connectivity index (χ0) is 21.6. The molecule has 4 aliphatic rings. The average molecular weight is 459 g/mol. The molecule has 4 N–H and O–H groups in total. The summed E-state index contributed by atoms with van der Waals surface area (Å²) in [5.41, 5.74) is 12.4. The number of hydrogen-bond donors (Lipinski definition) is 2. The van der Waals surface area contributed by atoms with Crippen LogP contribution in [0.3, 0.4) is 0 Å². The highest BCUT2D eigenvalue weighted by atomic mass is 35.5. The monoisotopic (exact) mass is 458 g/mol. The molecule has 4 aliphatic carbocycles. The van der Waals surface area contributed by atoms with Crippen molar-refractivity contribution < 1.29 is 4.79 Å². The van der Waals surface area contributed by atoms with Crippen molar-refractivity contribution in [2.24, 2.45) is 17.8 Å². The molecule has 1 heterocycles. The Morgan fingerprint density at radius 2 is 1.55 bits per heavy atom. The number of benzene rings is 1. The minimum Gasteiger partial charge on any atom is -0.368 e. The average Bonchev–Trinajstić information content (AvgIpc) is 2.70. The molecule has 0 saturated heterocycles. The van der Waals surface area contributed by atoms with Crippen molar-refractivity contribution in [1.29, 1.82) is 0 Å². The normalized spacial score (nSPS) is 28.6. The lowest BCUT2D eigenvalue weighted by Gasteiger charge is -2.60. The summed E-state index contributed by atoms with van der Waals surface area (Å²) in [6, 6.07) is 7.82.